The maximum Gasteiger partial charge on any atom is 0.258 e. The normalized spacial score (nSPS) is 13.7. The molecule has 3 aromatic heterocycles. The van der Waals surface area contributed by atoms with E-state index >= 15 is 0 Å². The van der Waals surface area contributed by atoms with Gasteiger partial charge in [-0.3, -0.25) is 14.3 Å². The smallest absolute Gasteiger partial charge is 0.258 e. The molecule has 0 unspecified atom stereocenters. The third-order valence-corrected chi connectivity index (χ3v) is 6.06. The van der Waals surface area contributed by atoms with Crippen molar-refractivity contribution < 1.29 is 4.74 Å². The van der Waals surface area contributed by atoms with Crippen molar-refractivity contribution in [1.29, 1.82) is 0 Å². The molecule has 0 saturated heterocycles. The number of aromatic nitrogens is 3. The fraction of sp³-hybridized carbons (Fsp3) is 0.250. The molecule has 1 aliphatic heterocycles. The van der Waals surface area contributed by atoms with E-state index in [1.54, 1.807) is 35.2 Å². The molecular weight excluding hydrogens is 412 g/mol. The molecular formula is C24H23ClN4O2. The van der Waals surface area contributed by atoms with Gasteiger partial charge in [-0.05, 0) is 55.3 Å². The molecule has 0 fully saturated rings. The van der Waals surface area contributed by atoms with E-state index in [0.29, 0.717) is 10.8 Å². The van der Waals surface area contributed by atoms with E-state index in [1.807, 2.05) is 6.07 Å². The third kappa shape index (κ3) is 3.84. The maximum atomic E-state index is 12.8. The largest absolute Gasteiger partial charge is 0.487 e. The quantitative estimate of drug-likeness (QED) is 0.527. The van der Waals surface area contributed by atoms with Crippen molar-refractivity contribution in [3.63, 3.8) is 0 Å². The first kappa shape index (κ1) is 19.8. The minimum Gasteiger partial charge on any atom is -0.487 e. The van der Waals surface area contributed by atoms with Gasteiger partial charge in [0, 0.05) is 43.1 Å². The average Bonchev–Trinajstić information content (AvgIpc) is 2.93. The fourth-order valence-corrected chi connectivity index (χ4v) is 4.34. The molecule has 0 saturated carbocycles. The molecule has 0 atom stereocenters. The Kier molecular flexibility index (Phi) is 5.26. The van der Waals surface area contributed by atoms with Gasteiger partial charge in [-0.2, -0.15) is 0 Å². The molecule has 158 valence electrons. The molecule has 0 aliphatic carbocycles. The van der Waals surface area contributed by atoms with Crippen LogP contribution in [0.15, 0.2) is 59.7 Å². The summed E-state index contributed by atoms with van der Waals surface area (Å²) in [4.78, 5) is 17.0. The Labute approximate surface area is 185 Å². The monoisotopic (exact) mass is 434 g/mol. The first-order valence-electron chi connectivity index (χ1n) is 10.4. The lowest BCUT2D eigenvalue weighted by Crippen LogP contribution is -2.17. The second kappa shape index (κ2) is 8.21. The second-order valence-electron chi connectivity index (χ2n) is 7.79. The lowest BCUT2D eigenvalue weighted by Gasteiger charge is -2.10. The van der Waals surface area contributed by atoms with E-state index in [1.165, 1.54) is 22.7 Å². The van der Waals surface area contributed by atoms with Crippen LogP contribution in [0, 0.1) is 0 Å². The SMILES string of the molecule is Cn1c2c(c3ccc(-n4ccc(OCc5ccc(Cl)cn5)cc4=O)cc31)CNCCC2. The van der Waals surface area contributed by atoms with Crippen molar-refractivity contribution in [1.82, 2.24) is 19.4 Å². The highest BCUT2D eigenvalue weighted by molar-refractivity contribution is 6.30. The van der Waals surface area contributed by atoms with Crippen molar-refractivity contribution >= 4 is 22.5 Å². The Morgan fingerprint density at radius 1 is 1.19 bits per heavy atom. The van der Waals surface area contributed by atoms with Gasteiger partial charge >= 0.3 is 0 Å². The van der Waals surface area contributed by atoms with Gasteiger partial charge in [-0.25, -0.2) is 0 Å². The van der Waals surface area contributed by atoms with E-state index in [2.05, 4.69) is 34.0 Å². The Morgan fingerprint density at radius 2 is 2.10 bits per heavy atom. The van der Waals surface area contributed by atoms with Crippen LogP contribution in [0.1, 0.15) is 23.4 Å². The Morgan fingerprint density at radius 3 is 2.90 bits per heavy atom. The van der Waals surface area contributed by atoms with Crippen LogP contribution in [0.5, 0.6) is 5.75 Å². The van der Waals surface area contributed by atoms with E-state index in [0.717, 1.165) is 42.8 Å². The predicted octanol–water partition coefficient (Wildman–Crippen LogP) is 3.99. The number of nitrogens with zero attached hydrogens (tertiary/aromatic N) is 3. The molecule has 1 aromatic carbocycles. The van der Waals surface area contributed by atoms with Gasteiger partial charge in [-0.1, -0.05) is 17.7 Å². The van der Waals surface area contributed by atoms with Gasteiger partial charge in [0.2, 0.25) is 0 Å². The maximum absolute atomic E-state index is 12.8. The summed E-state index contributed by atoms with van der Waals surface area (Å²) < 4.78 is 9.64. The zero-order chi connectivity index (χ0) is 21.4. The number of benzene rings is 1. The number of hydrogen-bond donors (Lipinski definition) is 1. The molecule has 0 amide bonds. The van der Waals surface area contributed by atoms with Crippen molar-refractivity contribution in [2.45, 2.75) is 26.0 Å². The van der Waals surface area contributed by atoms with Crippen LogP contribution in [-0.2, 0) is 26.6 Å². The third-order valence-electron chi connectivity index (χ3n) is 5.83. The second-order valence-corrected chi connectivity index (χ2v) is 8.23. The van der Waals surface area contributed by atoms with Crippen LogP contribution in [0.4, 0.5) is 0 Å². The number of halogens is 1. The molecule has 0 radical (unpaired) electrons. The highest BCUT2D eigenvalue weighted by Gasteiger charge is 2.17. The number of fused-ring (bicyclic) bond motifs is 3. The first-order valence-corrected chi connectivity index (χ1v) is 10.8. The lowest BCUT2D eigenvalue weighted by atomic mass is 10.1. The minimum atomic E-state index is -0.140. The Balaban J connectivity index is 1.42. The number of ether oxygens (including phenoxy) is 1. The van der Waals surface area contributed by atoms with Gasteiger partial charge in [0.15, 0.2) is 0 Å². The summed E-state index contributed by atoms with van der Waals surface area (Å²) in [5.74, 6) is 0.510. The van der Waals surface area contributed by atoms with Crippen LogP contribution < -0.4 is 15.6 Å². The number of aryl methyl sites for hydroxylation is 1. The molecule has 7 heteroatoms. The average molecular weight is 435 g/mol. The highest BCUT2D eigenvalue weighted by Crippen LogP contribution is 2.29. The minimum absolute atomic E-state index is 0.140. The van der Waals surface area contributed by atoms with Crippen LogP contribution in [-0.4, -0.2) is 20.7 Å². The topological polar surface area (TPSA) is 61.1 Å². The summed E-state index contributed by atoms with van der Waals surface area (Å²) in [6.07, 6.45) is 5.53. The van der Waals surface area contributed by atoms with E-state index < -0.39 is 0 Å². The van der Waals surface area contributed by atoms with Crippen LogP contribution in [0.2, 0.25) is 5.02 Å². The standard InChI is InChI=1S/C24H23ClN4O2/c1-28-22-3-2-9-26-14-21(22)20-7-6-18(11-23(20)28)29-10-8-19(12-24(29)30)31-15-17-5-4-16(25)13-27-17/h4-8,10-13,26H,2-3,9,14-15H2,1H3. The number of rotatable bonds is 4. The van der Waals surface area contributed by atoms with Gasteiger partial charge in [0.25, 0.3) is 5.56 Å². The molecule has 1 N–H and O–H groups in total. The number of nitrogens with one attached hydrogen (secondary N) is 1. The van der Waals surface area contributed by atoms with E-state index in [4.69, 9.17) is 16.3 Å². The Hall–Kier alpha value is -3.09. The number of hydrogen-bond acceptors (Lipinski definition) is 4. The molecule has 4 aromatic rings. The van der Waals surface area contributed by atoms with Gasteiger partial charge in [0.1, 0.15) is 12.4 Å². The molecule has 0 spiro atoms. The molecule has 31 heavy (non-hydrogen) atoms. The highest BCUT2D eigenvalue weighted by atomic mass is 35.5. The van der Waals surface area contributed by atoms with Crippen molar-refractivity contribution in [3.8, 4) is 11.4 Å². The van der Waals surface area contributed by atoms with Gasteiger partial charge in [0.05, 0.1) is 21.9 Å². The van der Waals surface area contributed by atoms with Gasteiger partial charge < -0.3 is 14.6 Å². The molecule has 4 heterocycles. The zero-order valence-corrected chi connectivity index (χ0v) is 18.0. The molecule has 0 bridgehead atoms. The Bertz CT molecular complexity index is 1310. The lowest BCUT2D eigenvalue weighted by molar-refractivity contribution is 0.300. The van der Waals surface area contributed by atoms with Crippen LogP contribution in [0.3, 0.4) is 0 Å². The zero-order valence-electron chi connectivity index (χ0n) is 17.3. The van der Waals surface area contributed by atoms with Crippen LogP contribution in [0.25, 0.3) is 16.6 Å². The fourth-order valence-electron chi connectivity index (χ4n) is 4.23. The van der Waals surface area contributed by atoms with Crippen LogP contribution >= 0.6 is 11.6 Å². The summed E-state index contributed by atoms with van der Waals surface area (Å²) in [6, 6.07) is 13.1. The van der Waals surface area contributed by atoms with Crippen molar-refractivity contribution in [2.24, 2.45) is 7.05 Å². The van der Waals surface area contributed by atoms with E-state index in [-0.39, 0.29) is 12.2 Å². The van der Waals surface area contributed by atoms with E-state index in [9.17, 15) is 4.79 Å². The van der Waals surface area contributed by atoms with Crippen molar-refractivity contribution in [3.05, 3.63) is 87.2 Å². The molecule has 6 nitrogen and oxygen atoms in total. The summed E-state index contributed by atoms with van der Waals surface area (Å²) in [5, 5.41) is 5.33. The van der Waals surface area contributed by atoms with Gasteiger partial charge in [-0.15, -0.1) is 0 Å². The summed E-state index contributed by atoms with van der Waals surface area (Å²) >= 11 is 5.86. The summed E-state index contributed by atoms with van der Waals surface area (Å²) in [7, 11) is 2.11. The summed E-state index contributed by atoms with van der Waals surface area (Å²) in [5.41, 5.74) is 5.34. The molecule has 1 aliphatic rings. The first-order chi connectivity index (χ1) is 15.1. The number of pyridine rings is 2. The van der Waals surface area contributed by atoms with Crippen molar-refractivity contribution in [2.75, 3.05) is 6.54 Å². The predicted molar refractivity (Wildman–Crippen MR) is 122 cm³/mol. The molecule has 5 rings (SSSR count). The summed E-state index contributed by atoms with van der Waals surface area (Å²) in [6.45, 7) is 2.21.